The number of carbonyl (C=O) groups excluding carboxylic acids is 1. The fourth-order valence-corrected chi connectivity index (χ4v) is 5.48. The molecule has 29 heavy (non-hydrogen) atoms. The number of hydrogen-bond donors (Lipinski definition) is 3. The van der Waals surface area contributed by atoms with Gasteiger partial charge in [-0.15, -0.1) is 0 Å². The van der Waals surface area contributed by atoms with Gasteiger partial charge in [-0.05, 0) is 43.9 Å². The quantitative estimate of drug-likeness (QED) is 0.581. The third kappa shape index (κ3) is 3.86. The third-order valence-electron chi connectivity index (χ3n) is 5.86. The summed E-state index contributed by atoms with van der Waals surface area (Å²) in [5.74, 6) is 0.00662. The van der Waals surface area contributed by atoms with Crippen molar-refractivity contribution >= 4 is 44.9 Å². The summed E-state index contributed by atoms with van der Waals surface area (Å²) in [6, 6.07) is 7.86. The number of halogens is 1. The number of nitrogens with one attached hydrogen (secondary N) is 2. The Morgan fingerprint density at radius 3 is 2.93 bits per heavy atom. The number of aromatic amines is 1. The molecule has 3 N–H and O–H groups in total. The van der Waals surface area contributed by atoms with Crippen LogP contribution in [0.25, 0.3) is 10.9 Å². The molecule has 3 aromatic rings. The summed E-state index contributed by atoms with van der Waals surface area (Å²) in [7, 11) is 0. The molecule has 0 unspecified atom stereocenters. The zero-order valence-electron chi connectivity index (χ0n) is 15.9. The molecule has 152 valence electrons. The van der Waals surface area contributed by atoms with Crippen molar-refractivity contribution in [2.24, 2.45) is 0 Å². The van der Waals surface area contributed by atoms with Crippen LogP contribution in [0.5, 0.6) is 0 Å². The van der Waals surface area contributed by atoms with Gasteiger partial charge in [0.05, 0.1) is 18.3 Å². The second-order valence-corrected chi connectivity index (χ2v) is 9.45. The molecule has 8 heteroatoms. The van der Waals surface area contributed by atoms with Crippen LogP contribution in [0, 0.1) is 0 Å². The number of benzene rings is 1. The molecule has 0 radical (unpaired) electrons. The summed E-state index contributed by atoms with van der Waals surface area (Å²) in [5.41, 5.74) is 2.57. The molecule has 1 saturated carbocycles. The number of fused-ring (bicyclic) bond motifs is 2. The zero-order chi connectivity index (χ0) is 20.0. The van der Waals surface area contributed by atoms with E-state index in [4.69, 9.17) is 16.6 Å². The maximum absolute atomic E-state index is 13.0. The number of anilines is 1. The van der Waals surface area contributed by atoms with E-state index < -0.39 is 0 Å². The number of aromatic nitrogens is 2. The molecule has 6 nitrogen and oxygen atoms in total. The minimum Gasteiger partial charge on any atom is -0.393 e. The Morgan fingerprint density at radius 1 is 1.28 bits per heavy atom. The molecule has 3 heterocycles. The first kappa shape index (κ1) is 18.9. The van der Waals surface area contributed by atoms with Crippen molar-refractivity contribution < 1.29 is 9.90 Å². The lowest BCUT2D eigenvalue weighted by Gasteiger charge is -2.25. The first-order valence-corrected chi connectivity index (χ1v) is 11.3. The fourth-order valence-electron chi connectivity index (χ4n) is 4.21. The average molecular weight is 431 g/mol. The van der Waals surface area contributed by atoms with Crippen molar-refractivity contribution in [3.05, 3.63) is 45.6 Å². The van der Waals surface area contributed by atoms with E-state index >= 15 is 0 Å². The predicted octanol–water partition coefficient (Wildman–Crippen LogP) is 4.19. The van der Waals surface area contributed by atoms with E-state index in [1.54, 1.807) is 11.3 Å². The summed E-state index contributed by atoms with van der Waals surface area (Å²) < 4.78 is 0. The number of carbonyl (C=O) groups is 1. The standard InChI is InChI=1S/C21H23ClN4O2S/c22-13-2-1-12-9-18(24-17(12)10-13)20(28)26-8-7-16-19(11-26)29-21(25-16)23-14-3-5-15(27)6-4-14/h1-2,9-10,14-15,24,27H,3-8,11H2,(H,23,25). The maximum atomic E-state index is 13.0. The highest BCUT2D eigenvalue weighted by Crippen LogP contribution is 2.31. The first-order valence-electron chi connectivity index (χ1n) is 10.1. The van der Waals surface area contributed by atoms with Crippen molar-refractivity contribution in [1.29, 1.82) is 0 Å². The van der Waals surface area contributed by atoms with Crippen molar-refractivity contribution in [2.75, 3.05) is 11.9 Å². The van der Waals surface area contributed by atoms with Gasteiger partial charge in [0.25, 0.3) is 5.91 Å². The van der Waals surface area contributed by atoms with Crippen molar-refractivity contribution in [1.82, 2.24) is 14.9 Å². The van der Waals surface area contributed by atoms with Gasteiger partial charge in [0.1, 0.15) is 5.69 Å². The summed E-state index contributed by atoms with van der Waals surface area (Å²) >= 11 is 7.70. The number of amides is 1. The summed E-state index contributed by atoms with van der Waals surface area (Å²) in [5, 5.41) is 15.8. The molecule has 0 spiro atoms. The topological polar surface area (TPSA) is 81.2 Å². The van der Waals surface area contributed by atoms with E-state index in [-0.39, 0.29) is 12.0 Å². The highest BCUT2D eigenvalue weighted by molar-refractivity contribution is 7.15. The van der Waals surface area contributed by atoms with Gasteiger partial charge in [-0.25, -0.2) is 4.98 Å². The van der Waals surface area contributed by atoms with E-state index in [0.717, 1.165) is 58.7 Å². The number of rotatable bonds is 3. The van der Waals surface area contributed by atoms with Crippen molar-refractivity contribution in [3.63, 3.8) is 0 Å². The normalized spacial score (nSPS) is 21.9. The van der Waals surface area contributed by atoms with E-state index in [1.165, 1.54) is 0 Å². The van der Waals surface area contributed by atoms with Crippen LogP contribution >= 0.6 is 22.9 Å². The number of aliphatic hydroxyl groups is 1. The molecular weight excluding hydrogens is 408 g/mol. The number of thiazole rings is 1. The Hall–Kier alpha value is -2.09. The Morgan fingerprint density at radius 2 is 2.10 bits per heavy atom. The van der Waals surface area contributed by atoms with Gasteiger partial charge in [-0.1, -0.05) is 29.0 Å². The highest BCUT2D eigenvalue weighted by atomic mass is 35.5. The Kier molecular flexibility index (Phi) is 4.97. The second-order valence-electron chi connectivity index (χ2n) is 7.93. The molecule has 5 rings (SSSR count). The fraction of sp³-hybridized carbons (Fsp3) is 0.429. The van der Waals surface area contributed by atoms with Gasteiger partial charge in [-0.3, -0.25) is 4.79 Å². The third-order valence-corrected chi connectivity index (χ3v) is 7.11. The van der Waals surface area contributed by atoms with Crippen molar-refractivity contribution in [3.8, 4) is 0 Å². The minimum absolute atomic E-state index is 0.00662. The first-order chi connectivity index (χ1) is 14.0. The molecule has 1 fully saturated rings. The summed E-state index contributed by atoms with van der Waals surface area (Å²) in [6.45, 7) is 1.26. The molecule has 1 aliphatic carbocycles. The predicted molar refractivity (Wildman–Crippen MR) is 116 cm³/mol. The average Bonchev–Trinajstić information content (AvgIpc) is 3.31. The molecule has 1 aromatic carbocycles. The summed E-state index contributed by atoms with van der Waals surface area (Å²) in [4.78, 5) is 24.0. The van der Waals surface area contributed by atoms with Gasteiger partial charge in [0, 0.05) is 39.8 Å². The van der Waals surface area contributed by atoms with Gasteiger partial charge >= 0.3 is 0 Å². The minimum atomic E-state index is -0.155. The maximum Gasteiger partial charge on any atom is 0.270 e. The zero-order valence-corrected chi connectivity index (χ0v) is 17.5. The largest absolute Gasteiger partial charge is 0.393 e. The Labute approximate surface area is 177 Å². The second kappa shape index (κ2) is 7.63. The lowest BCUT2D eigenvalue weighted by Crippen LogP contribution is -2.35. The van der Waals surface area contributed by atoms with E-state index in [2.05, 4.69) is 10.3 Å². The van der Waals surface area contributed by atoms with Crippen LogP contribution in [0.2, 0.25) is 5.02 Å². The van der Waals surface area contributed by atoms with Crippen LogP contribution in [0.15, 0.2) is 24.3 Å². The van der Waals surface area contributed by atoms with Gasteiger partial charge in [-0.2, -0.15) is 0 Å². The van der Waals surface area contributed by atoms with E-state index in [9.17, 15) is 9.90 Å². The van der Waals surface area contributed by atoms with Crippen LogP contribution in [0.3, 0.4) is 0 Å². The number of nitrogens with zero attached hydrogens (tertiary/aromatic N) is 2. The number of hydrogen-bond acceptors (Lipinski definition) is 5. The lowest BCUT2D eigenvalue weighted by molar-refractivity contribution is 0.0731. The number of aliphatic hydroxyl groups excluding tert-OH is 1. The van der Waals surface area contributed by atoms with E-state index in [1.807, 2.05) is 29.2 Å². The molecule has 1 amide bonds. The van der Waals surface area contributed by atoms with Crippen LogP contribution in [0.4, 0.5) is 5.13 Å². The molecule has 2 aliphatic rings. The summed E-state index contributed by atoms with van der Waals surface area (Å²) in [6.07, 6.45) is 4.26. The molecule has 0 bridgehead atoms. The molecule has 0 saturated heterocycles. The van der Waals surface area contributed by atoms with Gasteiger partial charge < -0.3 is 20.3 Å². The van der Waals surface area contributed by atoms with E-state index in [0.29, 0.717) is 29.8 Å². The SMILES string of the molecule is O=C(c1cc2ccc(Cl)cc2[nH]1)N1CCc2nc(NC3CCC(O)CC3)sc2C1. The van der Waals surface area contributed by atoms with Crippen LogP contribution < -0.4 is 5.32 Å². The molecule has 0 atom stereocenters. The van der Waals surface area contributed by atoms with Crippen LogP contribution in [-0.2, 0) is 13.0 Å². The number of H-pyrrole nitrogens is 1. The smallest absolute Gasteiger partial charge is 0.270 e. The van der Waals surface area contributed by atoms with Crippen LogP contribution in [-0.4, -0.2) is 44.6 Å². The molecular formula is C21H23ClN4O2S. The highest BCUT2D eigenvalue weighted by Gasteiger charge is 2.27. The van der Waals surface area contributed by atoms with Gasteiger partial charge in [0.15, 0.2) is 5.13 Å². The molecule has 2 aromatic heterocycles. The van der Waals surface area contributed by atoms with Crippen LogP contribution in [0.1, 0.15) is 46.7 Å². The molecule has 1 aliphatic heterocycles. The van der Waals surface area contributed by atoms with Gasteiger partial charge in [0.2, 0.25) is 0 Å². The Balaban J connectivity index is 1.28. The van der Waals surface area contributed by atoms with Crippen molar-refractivity contribution in [2.45, 2.75) is 50.8 Å². The monoisotopic (exact) mass is 430 g/mol. The lowest BCUT2D eigenvalue weighted by atomic mass is 9.93. The Bertz CT molecular complexity index is 1050.